The van der Waals surface area contributed by atoms with Gasteiger partial charge in [-0.2, -0.15) is 0 Å². The lowest BCUT2D eigenvalue weighted by Gasteiger charge is -2.11. The highest BCUT2D eigenvalue weighted by Crippen LogP contribution is 2.23. The second kappa shape index (κ2) is 6.17. The lowest BCUT2D eigenvalue weighted by atomic mass is 10.1. The largest absolute Gasteiger partial charge is 0.497 e. The summed E-state index contributed by atoms with van der Waals surface area (Å²) in [5.41, 5.74) is 8.32. The molecule has 3 N–H and O–H groups in total. The molecule has 0 saturated heterocycles. The minimum absolute atomic E-state index is 0.242. The molecule has 0 atom stereocenters. The van der Waals surface area contributed by atoms with Crippen molar-refractivity contribution in [2.24, 2.45) is 0 Å². The summed E-state index contributed by atoms with van der Waals surface area (Å²) in [5.74, 6) is 1.05. The van der Waals surface area contributed by atoms with Crippen molar-refractivity contribution < 1.29 is 14.3 Å². The Morgan fingerprint density at radius 1 is 1.05 bits per heavy atom. The first-order valence-electron chi connectivity index (χ1n) is 6.44. The number of nitrogens with two attached hydrogens (primary N) is 1. The van der Waals surface area contributed by atoms with E-state index in [9.17, 15) is 4.79 Å². The number of benzene rings is 2. The van der Waals surface area contributed by atoms with Gasteiger partial charge in [0.05, 0.1) is 14.2 Å². The van der Waals surface area contributed by atoms with Crippen LogP contribution in [0.25, 0.3) is 0 Å². The SMILES string of the molecule is COc1cc(N)cc(C(=O)Nc2ccc(OC)cc2C)c1. The van der Waals surface area contributed by atoms with Crippen LogP contribution in [-0.2, 0) is 0 Å². The number of rotatable bonds is 4. The molecule has 0 radical (unpaired) electrons. The molecule has 0 aliphatic carbocycles. The zero-order valence-electron chi connectivity index (χ0n) is 12.3. The van der Waals surface area contributed by atoms with Crippen molar-refractivity contribution in [2.45, 2.75) is 6.92 Å². The van der Waals surface area contributed by atoms with E-state index in [4.69, 9.17) is 15.2 Å². The van der Waals surface area contributed by atoms with E-state index in [1.54, 1.807) is 37.4 Å². The summed E-state index contributed by atoms with van der Waals surface area (Å²) >= 11 is 0. The molecule has 2 rings (SSSR count). The minimum Gasteiger partial charge on any atom is -0.497 e. The van der Waals surface area contributed by atoms with Crippen LogP contribution < -0.4 is 20.5 Å². The third-order valence-electron chi connectivity index (χ3n) is 3.11. The molecule has 5 nitrogen and oxygen atoms in total. The van der Waals surface area contributed by atoms with Crippen LogP contribution in [0.1, 0.15) is 15.9 Å². The van der Waals surface area contributed by atoms with E-state index < -0.39 is 0 Å². The summed E-state index contributed by atoms with van der Waals surface area (Å²) in [6, 6.07) is 10.4. The number of ether oxygens (including phenoxy) is 2. The summed E-state index contributed by atoms with van der Waals surface area (Å²) in [6.07, 6.45) is 0. The van der Waals surface area contributed by atoms with Crippen molar-refractivity contribution in [3.05, 3.63) is 47.5 Å². The predicted octanol–water partition coefficient (Wildman–Crippen LogP) is 2.85. The number of methoxy groups -OCH3 is 2. The maximum absolute atomic E-state index is 12.3. The molecule has 0 bridgehead atoms. The number of carbonyl (C=O) groups excluding carboxylic acids is 1. The van der Waals surface area contributed by atoms with Gasteiger partial charge in [-0.1, -0.05) is 0 Å². The van der Waals surface area contributed by atoms with E-state index >= 15 is 0 Å². The quantitative estimate of drug-likeness (QED) is 0.848. The van der Waals surface area contributed by atoms with Crippen LogP contribution in [0.2, 0.25) is 0 Å². The third-order valence-corrected chi connectivity index (χ3v) is 3.11. The van der Waals surface area contributed by atoms with Crippen LogP contribution in [-0.4, -0.2) is 20.1 Å². The lowest BCUT2D eigenvalue weighted by Crippen LogP contribution is -2.13. The number of hydrogen-bond acceptors (Lipinski definition) is 4. The Kier molecular flexibility index (Phi) is 4.33. The number of hydrogen-bond donors (Lipinski definition) is 2. The second-order valence-corrected chi connectivity index (χ2v) is 4.63. The van der Waals surface area contributed by atoms with E-state index in [0.29, 0.717) is 17.0 Å². The van der Waals surface area contributed by atoms with Gasteiger partial charge in [0.15, 0.2) is 0 Å². The number of nitrogens with one attached hydrogen (secondary N) is 1. The highest BCUT2D eigenvalue weighted by Gasteiger charge is 2.10. The Balaban J connectivity index is 2.23. The number of anilines is 2. The molecular weight excluding hydrogens is 268 g/mol. The molecular formula is C16H18N2O3. The van der Waals surface area contributed by atoms with Gasteiger partial charge in [0, 0.05) is 23.0 Å². The monoisotopic (exact) mass is 286 g/mol. The summed E-state index contributed by atoms with van der Waals surface area (Å²) in [6.45, 7) is 1.90. The molecule has 0 heterocycles. The second-order valence-electron chi connectivity index (χ2n) is 4.63. The van der Waals surface area contributed by atoms with Gasteiger partial charge in [0.25, 0.3) is 5.91 Å². The fraction of sp³-hybridized carbons (Fsp3) is 0.188. The first-order chi connectivity index (χ1) is 10.0. The normalized spacial score (nSPS) is 10.0. The van der Waals surface area contributed by atoms with Crippen molar-refractivity contribution >= 4 is 17.3 Å². The Hall–Kier alpha value is -2.69. The Morgan fingerprint density at radius 3 is 2.38 bits per heavy atom. The zero-order chi connectivity index (χ0) is 15.4. The standard InChI is InChI=1S/C16H18N2O3/c1-10-6-13(20-2)4-5-15(10)18-16(19)11-7-12(17)9-14(8-11)21-3/h4-9H,17H2,1-3H3,(H,18,19). The Morgan fingerprint density at radius 2 is 1.76 bits per heavy atom. The first kappa shape index (κ1) is 14.7. The average molecular weight is 286 g/mol. The van der Waals surface area contributed by atoms with Gasteiger partial charge in [-0.05, 0) is 42.8 Å². The molecule has 110 valence electrons. The predicted molar refractivity (Wildman–Crippen MR) is 83.1 cm³/mol. The van der Waals surface area contributed by atoms with E-state index in [-0.39, 0.29) is 5.91 Å². The summed E-state index contributed by atoms with van der Waals surface area (Å²) < 4.78 is 10.3. The van der Waals surface area contributed by atoms with Crippen molar-refractivity contribution in [3.8, 4) is 11.5 Å². The zero-order valence-corrected chi connectivity index (χ0v) is 12.3. The first-order valence-corrected chi connectivity index (χ1v) is 6.44. The van der Waals surface area contributed by atoms with Gasteiger partial charge in [-0.15, -0.1) is 0 Å². The van der Waals surface area contributed by atoms with E-state index in [2.05, 4.69) is 5.32 Å². The van der Waals surface area contributed by atoms with E-state index in [1.807, 2.05) is 13.0 Å². The molecule has 0 saturated carbocycles. The van der Waals surface area contributed by atoms with Gasteiger partial charge < -0.3 is 20.5 Å². The van der Waals surface area contributed by atoms with Gasteiger partial charge in [-0.25, -0.2) is 0 Å². The summed E-state index contributed by atoms with van der Waals surface area (Å²) in [7, 11) is 3.14. The van der Waals surface area contributed by atoms with Crippen LogP contribution in [0.4, 0.5) is 11.4 Å². The van der Waals surface area contributed by atoms with Crippen LogP contribution in [0.15, 0.2) is 36.4 Å². The smallest absolute Gasteiger partial charge is 0.255 e. The van der Waals surface area contributed by atoms with Crippen LogP contribution in [0, 0.1) is 6.92 Å². The molecule has 2 aromatic carbocycles. The topological polar surface area (TPSA) is 73.6 Å². The summed E-state index contributed by atoms with van der Waals surface area (Å²) in [4.78, 5) is 12.3. The fourth-order valence-electron chi connectivity index (χ4n) is 1.97. The highest BCUT2D eigenvalue weighted by molar-refractivity contribution is 6.05. The molecule has 0 aromatic heterocycles. The van der Waals surface area contributed by atoms with Crippen LogP contribution in [0.3, 0.4) is 0 Å². The van der Waals surface area contributed by atoms with Crippen molar-refractivity contribution in [1.29, 1.82) is 0 Å². The number of aryl methyl sites for hydroxylation is 1. The van der Waals surface area contributed by atoms with E-state index in [1.165, 1.54) is 7.11 Å². The molecule has 21 heavy (non-hydrogen) atoms. The van der Waals surface area contributed by atoms with Crippen molar-refractivity contribution in [3.63, 3.8) is 0 Å². The van der Waals surface area contributed by atoms with Gasteiger partial charge in [0.2, 0.25) is 0 Å². The molecule has 1 amide bonds. The third kappa shape index (κ3) is 3.45. The maximum Gasteiger partial charge on any atom is 0.255 e. The molecule has 0 spiro atoms. The highest BCUT2D eigenvalue weighted by atomic mass is 16.5. The maximum atomic E-state index is 12.3. The molecule has 0 aliphatic rings. The molecule has 5 heteroatoms. The van der Waals surface area contributed by atoms with Crippen molar-refractivity contribution in [1.82, 2.24) is 0 Å². The van der Waals surface area contributed by atoms with Gasteiger partial charge in [0.1, 0.15) is 11.5 Å². The van der Waals surface area contributed by atoms with Crippen molar-refractivity contribution in [2.75, 3.05) is 25.3 Å². The summed E-state index contributed by atoms with van der Waals surface area (Å²) in [5, 5.41) is 2.85. The number of amides is 1. The lowest BCUT2D eigenvalue weighted by molar-refractivity contribution is 0.102. The molecule has 2 aromatic rings. The Labute approximate surface area is 123 Å². The molecule has 0 aliphatic heterocycles. The van der Waals surface area contributed by atoms with Crippen LogP contribution >= 0.6 is 0 Å². The van der Waals surface area contributed by atoms with Gasteiger partial charge in [-0.3, -0.25) is 4.79 Å². The van der Waals surface area contributed by atoms with Crippen LogP contribution in [0.5, 0.6) is 11.5 Å². The average Bonchev–Trinajstić information content (AvgIpc) is 2.48. The molecule has 0 fully saturated rings. The number of carbonyl (C=O) groups is 1. The van der Waals surface area contributed by atoms with E-state index in [0.717, 1.165) is 17.0 Å². The minimum atomic E-state index is -0.242. The van der Waals surface area contributed by atoms with Gasteiger partial charge >= 0.3 is 0 Å². The number of nitrogen functional groups attached to an aromatic ring is 1. The fourth-order valence-corrected chi connectivity index (χ4v) is 1.97. The Bertz CT molecular complexity index is 669. The molecule has 0 unspecified atom stereocenters.